The van der Waals surface area contributed by atoms with E-state index in [1.165, 1.54) is 0 Å². The Kier molecular flexibility index (Phi) is 3.52. The van der Waals surface area contributed by atoms with E-state index in [0.717, 1.165) is 21.3 Å². The van der Waals surface area contributed by atoms with Gasteiger partial charge >= 0.3 is 0 Å². The standard InChI is InChI=1S/C15H11BrN2O2/c1-19-11-8-6-10(7-9-11)14-17-15(20-18-14)12-4-2-3-5-13(12)16/h2-9H,1H3. The highest BCUT2D eigenvalue weighted by Crippen LogP contribution is 2.28. The molecule has 0 radical (unpaired) electrons. The average Bonchev–Trinajstić information content (AvgIpc) is 2.97. The molecule has 100 valence electrons. The number of hydrogen-bond donors (Lipinski definition) is 0. The molecule has 0 aliphatic heterocycles. The van der Waals surface area contributed by atoms with Crippen molar-refractivity contribution in [2.45, 2.75) is 0 Å². The second kappa shape index (κ2) is 5.46. The van der Waals surface area contributed by atoms with Crippen LogP contribution in [0.25, 0.3) is 22.8 Å². The molecule has 0 aliphatic rings. The van der Waals surface area contributed by atoms with Gasteiger partial charge in [-0.25, -0.2) is 0 Å². The first-order chi connectivity index (χ1) is 9.78. The van der Waals surface area contributed by atoms with Crippen LogP contribution < -0.4 is 4.74 Å². The van der Waals surface area contributed by atoms with Gasteiger partial charge in [0.15, 0.2) is 0 Å². The number of ether oxygens (including phenoxy) is 1. The molecule has 0 N–H and O–H groups in total. The Morgan fingerprint density at radius 2 is 1.80 bits per heavy atom. The van der Waals surface area contributed by atoms with Crippen LogP contribution in [0, 0.1) is 0 Å². The lowest BCUT2D eigenvalue weighted by Gasteiger charge is -1.99. The number of benzene rings is 2. The molecule has 0 saturated carbocycles. The van der Waals surface area contributed by atoms with Crippen LogP contribution in [0.5, 0.6) is 5.75 Å². The summed E-state index contributed by atoms with van der Waals surface area (Å²) >= 11 is 3.47. The topological polar surface area (TPSA) is 48.2 Å². The molecule has 1 heterocycles. The zero-order valence-corrected chi connectivity index (χ0v) is 12.3. The molecule has 0 spiro atoms. The van der Waals surface area contributed by atoms with Crippen molar-refractivity contribution in [2.24, 2.45) is 0 Å². The number of nitrogens with zero attached hydrogens (tertiary/aromatic N) is 2. The molecule has 1 aromatic heterocycles. The smallest absolute Gasteiger partial charge is 0.259 e. The maximum Gasteiger partial charge on any atom is 0.259 e. The van der Waals surface area contributed by atoms with Crippen LogP contribution in [0.4, 0.5) is 0 Å². The summed E-state index contributed by atoms with van der Waals surface area (Å²) in [5, 5.41) is 4.01. The van der Waals surface area contributed by atoms with Gasteiger partial charge in [0, 0.05) is 10.0 Å². The van der Waals surface area contributed by atoms with Crippen molar-refractivity contribution >= 4 is 15.9 Å². The van der Waals surface area contributed by atoms with Crippen LogP contribution in [-0.2, 0) is 0 Å². The van der Waals surface area contributed by atoms with E-state index in [2.05, 4.69) is 26.1 Å². The molecular formula is C15H11BrN2O2. The second-order valence-electron chi connectivity index (χ2n) is 4.13. The predicted molar refractivity (Wildman–Crippen MR) is 79.4 cm³/mol. The lowest BCUT2D eigenvalue weighted by molar-refractivity contribution is 0.415. The summed E-state index contributed by atoms with van der Waals surface area (Å²) < 4.78 is 11.4. The van der Waals surface area contributed by atoms with Crippen LogP contribution >= 0.6 is 15.9 Å². The minimum Gasteiger partial charge on any atom is -0.497 e. The minimum absolute atomic E-state index is 0.489. The highest BCUT2D eigenvalue weighted by molar-refractivity contribution is 9.10. The van der Waals surface area contributed by atoms with Crippen molar-refractivity contribution in [1.29, 1.82) is 0 Å². The molecule has 2 aromatic carbocycles. The van der Waals surface area contributed by atoms with Gasteiger partial charge in [0.25, 0.3) is 5.89 Å². The highest BCUT2D eigenvalue weighted by atomic mass is 79.9. The number of rotatable bonds is 3. The largest absolute Gasteiger partial charge is 0.497 e. The van der Waals surface area contributed by atoms with Crippen molar-refractivity contribution in [2.75, 3.05) is 7.11 Å². The molecule has 0 aliphatic carbocycles. The van der Waals surface area contributed by atoms with E-state index < -0.39 is 0 Å². The van der Waals surface area contributed by atoms with Gasteiger partial charge in [0.05, 0.1) is 12.7 Å². The van der Waals surface area contributed by atoms with E-state index in [0.29, 0.717) is 11.7 Å². The monoisotopic (exact) mass is 330 g/mol. The lowest BCUT2D eigenvalue weighted by atomic mass is 10.2. The van der Waals surface area contributed by atoms with Gasteiger partial charge in [-0.3, -0.25) is 0 Å². The Morgan fingerprint density at radius 1 is 1.05 bits per heavy atom. The fraction of sp³-hybridized carbons (Fsp3) is 0.0667. The quantitative estimate of drug-likeness (QED) is 0.723. The maximum absolute atomic E-state index is 5.32. The third kappa shape index (κ3) is 2.44. The van der Waals surface area contributed by atoms with Gasteiger partial charge in [-0.2, -0.15) is 4.98 Å². The number of aromatic nitrogens is 2. The maximum atomic E-state index is 5.32. The van der Waals surface area contributed by atoms with Crippen LogP contribution in [0.3, 0.4) is 0 Å². The minimum atomic E-state index is 0.489. The number of methoxy groups -OCH3 is 1. The summed E-state index contributed by atoms with van der Waals surface area (Å²) in [6, 6.07) is 15.3. The SMILES string of the molecule is COc1ccc(-c2noc(-c3ccccc3Br)n2)cc1. The zero-order valence-electron chi connectivity index (χ0n) is 10.7. The fourth-order valence-electron chi connectivity index (χ4n) is 1.82. The zero-order chi connectivity index (χ0) is 13.9. The van der Waals surface area contributed by atoms with Crippen molar-refractivity contribution < 1.29 is 9.26 Å². The molecule has 3 aromatic rings. The summed E-state index contributed by atoms with van der Waals surface area (Å²) in [7, 11) is 1.63. The molecule has 0 atom stereocenters. The van der Waals surface area contributed by atoms with E-state index in [1.807, 2.05) is 48.5 Å². The van der Waals surface area contributed by atoms with Crippen molar-refractivity contribution in [3.63, 3.8) is 0 Å². The van der Waals surface area contributed by atoms with Gasteiger partial charge in [0.2, 0.25) is 5.82 Å². The molecule has 3 rings (SSSR count). The van der Waals surface area contributed by atoms with Crippen LogP contribution in [0.2, 0.25) is 0 Å². The molecular weight excluding hydrogens is 320 g/mol. The second-order valence-corrected chi connectivity index (χ2v) is 4.99. The molecule has 0 unspecified atom stereocenters. The van der Waals surface area contributed by atoms with Gasteiger partial charge in [0.1, 0.15) is 5.75 Å². The predicted octanol–water partition coefficient (Wildman–Crippen LogP) is 4.17. The van der Waals surface area contributed by atoms with Crippen LogP contribution in [0.15, 0.2) is 57.5 Å². The first-order valence-electron chi connectivity index (χ1n) is 6.01. The van der Waals surface area contributed by atoms with E-state index in [1.54, 1.807) is 7.11 Å². The first kappa shape index (κ1) is 12.9. The van der Waals surface area contributed by atoms with Crippen LogP contribution in [0.1, 0.15) is 0 Å². The Hall–Kier alpha value is -2.14. The molecule has 20 heavy (non-hydrogen) atoms. The summed E-state index contributed by atoms with van der Waals surface area (Å²) in [6.45, 7) is 0. The molecule has 0 amide bonds. The third-order valence-corrected chi connectivity index (χ3v) is 3.57. The Bertz CT molecular complexity index is 723. The molecule has 0 fully saturated rings. The lowest BCUT2D eigenvalue weighted by Crippen LogP contribution is -1.84. The van der Waals surface area contributed by atoms with E-state index in [9.17, 15) is 0 Å². The van der Waals surface area contributed by atoms with Gasteiger partial charge < -0.3 is 9.26 Å². The van der Waals surface area contributed by atoms with Gasteiger partial charge in [-0.15, -0.1) is 0 Å². The Balaban J connectivity index is 1.95. The summed E-state index contributed by atoms with van der Waals surface area (Å²) in [5.41, 5.74) is 1.76. The normalized spacial score (nSPS) is 10.5. The van der Waals surface area contributed by atoms with E-state index >= 15 is 0 Å². The summed E-state index contributed by atoms with van der Waals surface area (Å²) in [5.74, 6) is 1.84. The molecule has 0 saturated heterocycles. The fourth-order valence-corrected chi connectivity index (χ4v) is 2.28. The third-order valence-electron chi connectivity index (χ3n) is 2.88. The first-order valence-corrected chi connectivity index (χ1v) is 6.80. The van der Waals surface area contributed by atoms with Crippen LogP contribution in [-0.4, -0.2) is 17.3 Å². The van der Waals surface area contributed by atoms with Crippen molar-refractivity contribution in [3.05, 3.63) is 53.0 Å². The molecule has 4 nitrogen and oxygen atoms in total. The van der Waals surface area contributed by atoms with E-state index in [-0.39, 0.29) is 0 Å². The number of hydrogen-bond acceptors (Lipinski definition) is 4. The van der Waals surface area contributed by atoms with E-state index in [4.69, 9.17) is 9.26 Å². The highest BCUT2D eigenvalue weighted by Gasteiger charge is 2.12. The number of halogens is 1. The summed E-state index contributed by atoms with van der Waals surface area (Å²) in [4.78, 5) is 4.42. The van der Waals surface area contributed by atoms with Crippen molar-refractivity contribution in [3.8, 4) is 28.6 Å². The molecule has 0 bridgehead atoms. The van der Waals surface area contributed by atoms with Gasteiger partial charge in [-0.1, -0.05) is 17.3 Å². The Morgan fingerprint density at radius 3 is 2.50 bits per heavy atom. The average molecular weight is 331 g/mol. The Labute approximate surface area is 124 Å². The summed E-state index contributed by atoms with van der Waals surface area (Å²) in [6.07, 6.45) is 0. The van der Waals surface area contributed by atoms with Gasteiger partial charge in [-0.05, 0) is 52.3 Å². The van der Waals surface area contributed by atoms with Crippen molar-refractivity contribution in [1.82, 2.24) is 10.1 Å². The molecule has 5 heteroatoms.